The van der Waals surface area contributed by atoms with Gasteiger partial charge in [-0.05, 0) is 81.1 Å². The van der Waals surface area contributed by atoms with E-state index in [-0.39, 0.29) is 22.8 Å². The molecule has 0 bridgehead atoms. The largest absolute Gasteiger partial charge is 0.534 e. The van der Waals surface area contributed by atoms with E-state index in [1.54, 1.807) is 4.90 Å². The molecule has 3 heterocycles. The second-order valence-corrected chi connectivity index (χ2v) is 18.9. The molecule has 1 spiro atoms. The number of hydrogen-bond acceptors (Lipinski definition) is 7. The smallest absolute Gasteiger partial charge is 0.450 e. The Bertz CT molecular complexity index is 2620. The Balaban J connectivity index is 1.02. The summed E-state index contributed by atoms with van der Waals surface area (Å²) in [5, 5.41) is 2.67. The van der Waals surface area contributed by atoms with E-state index in [9.17, 15) is 31.2 Å². The molecule has 0 aliphatic carbocycles. The molecule has 5 aromatic rings. The number of nitrogens with zero attached hydrogens (tertiary/aromatic N) is 1. The Morgan fingerprint density at radius 3 is 2.02 bits per heavy atom. The number of halogens is 7. The second-order valence-electron chi connectivity index (χ2n) is 15.0. The van der Waals surface area contributed by atoms with Crippen LogP contribution in [-0.4, -0.2) is 50.0 Å². The minimum atomic E-state index is -6.62. The van der Waals surface area contributed by atoms with E-state index in [4.69, 9.17) is 9.47 Å². The van der Waals surface area contributed by atoms with Crippen LogP contribution in [0.25, 0.3) is 0 Å². The van der Waals surface area contributed by atoms with Crippen molar-refractivity contribution in [3.63, 3.8) is 0 Å². The highest BCUT2D eigenvalue weighted by molar-refractivity contribution is 7.88. The summed E-state index contributed by atoms with van der Waals surface area (Å²) in [7, 11) is -7.11. The Morgan fingerprint density at radius 1 is 0.820 bits per heavy atom. The number of fused-ring (bicyclic) bond motifs is 6. The summed E-state index contributed by atoms with van der Waals surface area (Å²) in [6, 6.07) is 25.7. The average molecular weight is 886 g/mol. The summed E-state index contributed by atoms with van der Waals surface area (Å²) in [5.74, 6) is -12.2. The van der Waals surface area contributed by atoms with Gasteiger partial charge in [-0.3, -0.25) is 4.79 Å². The molecule has 1 fully saturated rings. The number of carbonyl (C=O) groups is 2. The molecule has 0 aromatic heterocycles. The van der Waals surface area contributed by atoms with Crippen molar-refractivity contribution in [3.8, 4) is 17.2 Å². The lowest BCUT2D eigenvalue weighted by atomic mass is 9.76. The fourth-order valence-corrected chi connectivity index (χ4v) is 11.1. The first-order valence-corrected chi connectivity index (χ1v) is 22.2. The van der Waals surface area contributed by atoms with Gasteiger partial charge in [-0.15, -0.1) is 0 Å². The third kappa shape index (κ3) is 7.51. The molecule has 3 aliphatic heterocycles. The molecule has 61 heavy (non-hydrogen) atoms. The van der Waals surface area contributed by atoms with Crippen molar-refractivity contribution in [2.75, 3.05) is 19.3 Å². The van der Waals surface area contributed by atoms with Crippen LogP contribution in [0, 0.1) is 36.1 Å². The molecular formula is C44H35F7NO7PS. The Morgan fingerprint density at radius 2 is 1.41 bits per heavy atom. The maximum Gasteiger partial charge on any atom is 0.534 e. The number of carbonyl (C=O) groups excluding carboxylic acids is 2. The highest BCUT2D eigenvalue weighted by atomic mass is 32.2. The zero-order valence-corrected chi connectivity index (χ0v) is 33.9. The van der Waals surface area contributed by atoms with Crippen LogP contribution < -0.4 is 19.5 Å². The number of esters is 1. The van der Waals surface area contributed by atoms with Crippen LogP contribution in [0.4, 0.5) is 30.7 Å². The van der Waals surface area contributed by atoms with Gasteiger partial charge in [0.1, 0.15) is 5.82 Å². The Kier molecular flexibility index (Phi) is 11.1. The van der Waals surface area contributed by atoms with E-state index in [0.29, 0.717) is 25.1 Å². The summed E-state index contributed by atoms with van der Waals surface area (Å²) in [6.07, 6.45) is 5.65. The molecule has 1 amide bonds. The number of ether oxygens (including phenoxy) is 2. The first-order chi connectivity index (χ1) is 29.0. The van der Waals surface area contributed by atoms with Gasteiger partial charge >= 0.3 is 21.6 Å². The van der Waals surface area contributed by atoms with Crippen molar-refractivity contribution >= 4 is 40.5 Å². The van der Waals surface area contributed by atoms with E-state index in [1.807, 2.05) is 12.1 Å². The van der Waals surface area contributed by atoms with Gasteiger partial charge in [0.15, 0.2) is 28.7 Å². The number of amides is 1. The summed E-state index contributed by atoms with van der Waals surface area (Å²) >= 11 is 0. The van der Waals surface area contributed by atoms with E-state index >= 15 is 17.6 Å². The van der Waals surface area contributed by atoms with Crippen LogP contribution >= 0.6 is 7.92 Å². The normalized spacial score (nSPS) is 17.5. The van der Waals surface area contributed by atoms with Gasteiger partial charge in [0.25, 0.3) is 5.91 Å². The van der Waals surface area contributed by atoms with Gasteiger partial charge in [-0.25, -0.2) is 18.0 Å². The molecule has 1 unspecified atom stereocenters. The quantitative estimate of drug-likeness (QED) is 0.0344. The molecule has 17 heteroatoms. The van der Waals surface area contributed by atoms with Crippen LogP contribution in [0.5, 0.6) is 17.2 Å². The number of hydrogen-bond donors (Lipinski definition) is 0. The maximum atomic E-state index is 16.0. The molecule has 318 valence electrons. The van der Waals surface area contributed by atoms with Crippen LogP contribution in [0.15, 0.2) is 91.0 Å². The summed E-state index contributed by atoms with van der Waals surface area (Å²) in [6.45, 7) is 1.88. The molecule has 8 nitrogen and oxygen atoms in total. The van der Waals surface area contributed by atoms with Gasteiger partial charge < -0.3 is 18.6 Å². The van der Waals surface area contributed by atoms with Crippen LogP contribution in [0.1, 0.15) is 75.1 Å². The topological polar surface area (TPSA) is 99.2 Å². The van der Waals surface area contributed by atoms with Crippen molar-refractivity contribution in [1.82, 2.24) is 4.90 Å². The number of piperidine rings is 1. The molecule has 0 saturated carbocycles. The van der Waals surface area contributed by atoms with Crippen molar-refractivity contribution in [1.29, 1.82) is 0 Å². The van der Waals surface area contributed by atoms with Crippen molar-refractivity contribution in [2.45, 2.75) is 50.1 Å². The lowest BCUT2D eigenvalue weighted by molar-refractivity contribution is -0.0502. The van der Waals surface area contributed by atoms with Crippen LogP contribution in [0.3, 0.4) is 0 Å². The monoisotopic (exact) mass is 885 g/mol. The zero-order valence-electron chi connectivity index (χ0n) is 32.2. The predicted octanol–water partition coefficient (Wildman–Crippen LogP) is 9.50. The highest BCUT2D eigenvalue weighted by Gasteiger charge is 2.57. The van der Waals surface area contributed by atoms with Crippen LogP contribution in [-0.2, 0) is 20.5 Å². The predicted molar refractivity (Wildman–Crippen MR) is 211 cm³/mol. The molecule has 0 radical (unpaired) electrons. The van der Waals surface area contributed by atoms with Crippen LogP contribution in [0.2, 0.25) is 0 Å². The van der Waals surface area contributed by atoms with E-state index in [0.717, 1.165) is 45.2 Å². The Hall–Kier alpha value is -5.47. The van der Waals surface area contributed by atoms with Crippen molar-refractivity contribution < 1.29 is 62.4 Å². The van der Waals surface area contributed by atoms with E-state index in [1.165, 1.54) is 28.8 Å². The Labute approximate surface area is 347 Å². The first-order valence-electron chi connectivity index (χ1n) is 19.3. The number of likely N-dealkylation sites (tertiary alicyclic amines) is 1. The van der Waals surface area contributed by atoms with Gasteiger partial charge in [0.2, 0.25) is 11.6 Å². The minimum Gasteiger partial charge on any atom is -0.450 e. The molecule has 8 rings (SSSR count). The number of rotatable bonds is 10. The van der Waals surface area contributed by atoms with Gasteiger partial charge in [0, 0.05) is 29.8 Å². The average Bonchev–Trinajstić information content (AvgIpc) is 3.54. The summed E-state index contributed by atoms with van der Waals surface area (Å²) in [4.78, 5) is 29.1. The lowest BCUT2D eigenvalue weighted by Crippen LogP contribution is -2.38. The number of alkyl halides is 3. The standard InChI is InChI=1S/C44H35F7NO7PS/c1-25-34(45)23-32-38(36(25)47)57-39-33(24-35(46)40(37(39)48)59-61(55,56)44(49,50)51)43(32)31-16-15-27(22-30(31)42(54)58-43)41(53)52-19-17-26(18-20-52)10-8-9-21-60(28-11-4-2-5-12-28)29-13-6-3-7-14-29/h2-7,11-16,22-24,26H,8-10,17-21H2,1H3. The highest BCUT2D eigenvalue weighted by Crippen LogP contribution is 2.59. The van der Waals surface area contributed by atoms with E-state index in [2.05, 4.69) is 52.7 Å². The fourth-order valence-electron chi connectivity index (χ4n) is 8.22. The van der Waals surface area contributed by atoms with E-state index < -0.39 is 98.2 Å². The second kappa shape index (κ2) is 16.1. The first kappa shape index (κ1) is 42.2. The van der Waals surface area contributed by atoms with Gasteiger partial charge in [-0.1, -0.05) is 79.6 Å². The third-order valence-electron chi connectivity index (χ3n) is 11.4. The third-order valence-corrected chi connectivity index (χ3v) is 14.9. The summed E-state index contributed by atoms with van der Waals surface area (Å²) in [5.41, 5.74) is -11.2. The SMILES string of the molecule is Cc1c(F)cc2c(c1F)Oc1c(cc(F)c(OS(=O)(=O)C(F)(F)F)c1F)C21OC(=O)c2cc(C(=O)N3CCC(CCCCP(c4ccccc4)c4ccccc4)CC3)ccc21. The molecule has 0 N–H and O–H groups in total. The molecule has 1 saturated heterocycles. The number of unbranched alkanes of at least 4 members (excludes halogenated alkanes) is 1. The van der Waals surface area contributed by atoms with Gasteiger partial charge in [0.05, 0.1) is 16.7 Å². The maximum absolute atomic E-state index is 16.0. The van der Waals surface area contributed by atoms with Gasteiger partial charge in [-0.2, -0.15) is 26.0 Å². The zero-order chi connectivity index (χ0) is 43.4. The molecular weight excluding hydrogens is 851 g/mol. The fraction of sp³-hybridized carbons (Fsp3) is 0.273. The lowest BCUT2D eigenvalue weighted by Gasteiger charge is -2.37. The van der Waals surface area contributed by atoms with Crippen molar-refractivity contribution in [3.05, 3.63) is 148 Å². The number of benzene rings is 5. The molecule has 5 aromatic carbocycles. The molecule has 3 aliphatic rings. The summed E-state index contributed by atoms with van der Waals surface area (Å²) < 4.78 is 140. The minimum absolute atomic E-state index is 0.0496. The molecule has 1 atom stereocenters. The van der Waals surface area contributed by atoms with Crippen molar-refractivity contribution in [2.24, 2.45) is 5.92 Å².